The number of anilines is 1. The van der Waals surface area contributed by atoms with E-state index in [-0.39, 0.29) is 15.9 Å². The number of amides is 1. The summed E-state index contributed by atoms with van der Waals surface area (Å²) in [6.07, 6.45) is 0.442. The second-order valence-corrected chi connectivity index (χ2v) is 10.2. The molecule has 0 saturated heterocycles. The molecule has 3 rings (SSSR count). The molecule has 146 valence electrons. The molecule has 0 radical (unpaired) electrons. The quantitative estimate of drug-likeness (QED) is 0.470. The molecule has 11 heteroatoms. The van der Waals surface area contributed by atoms with E-state index in [9.17, 15) is 13.2 Å². The minimum Gasteiger partial charge on any atom is -0.352 e. The lowest BCUT2D eigenvalue weighted by molar-refractivity contribution is 0.0954. The number of rotatable bonds is 7. The number of nitrogens with one attached hydrogen (secondary N) is 2. The van der Waals surface area contributed by atoms with Crippen molar-refractivity contribution in [3.05, 3.63) is 68.0 Å². The highest BCUT2D eigenvalue weighted by Crippen LogP contribution is 2.21. The molecular formula is C17H14Br2N4O3S2. The van der Waals surface area contributed by atoms with Crippen molar-refractivity contribution in [3.8, 4) is 0 Å². The minimum absolute atomic E-state index is 0.133. The van der Waals surface area contributed by atoms with Gasteiger partial charge in [0, 0.05) is 27.5 Å². The number of benzene rings is 2. The van der Waals surface area contributed by atoms with Crippen molar-refractivity contribution in [1.29, 1.82) is 0 Å². The van der Waals surface area contributed by atoms with Crippen molar-refractivity contribution >= 4 is 64.3 Å². The predicted molar refractivity (Wildman–Crippen MR) is 115 cm³/mol. The molecule has 0 bridgehead atoms. The van der Waals surface area contributed by atoms with Crippen LogP contribution in [-0.2, 0) is 16.4 Å². The Morgan fingerprint density at radius 2 is 1.79 bits per heavy atom. The summed E-state index contributed by atoms with van der Waals surface area (Å²) in [4.78, 5) is 12.2. The number of aromatic nitrogens is 2. The van der Waals surface area contributed by atoms with Gasteiger partial charge in [-0.05, 0) is 42.5 Å². The van der Waals surface area contributed by atoms with Gasteiger partial charge >= 0.3 is 0 Å². The van der Waals surface area contributed by atoms with Crippen LogP contribution >= 0.6 is 43.2 Å². The third kappa shape index (κ3) is 5.60. The maximum absolute atomic E-state index is 12.4. The Balaban J connectivity index is 1.55. The van der Waals surface area contributed by atoms with E-state index in [0.29, 0.717) is 23.5 Å². The Kier molecular flexibility index (Phi) is 6.81. The molecule has 0 fully saturated rings. The van der Waals surface area contributed by atoms with Crippen LogP contribution in [0.5, 0.6) is 0 Å². The van der Waals surface area contributed by atoms with Crippen LogP contribution in [0.4, 0.5) is 5.13 Å². The average molecular weight is 546 g/mol. The highest BCUT2D eigenvalue weighted by atomic mass is 79.9. The van der Waals surface area contributed by atoms with Gasteiger partial charge in [-0.3, -0.25) is 9.52 Å². The van der Waals surface area contributed by atoms with E-state index in [1.807, 2.05) is 6.07 Å². The van der Waals surface area contributed by atoms with E-state index in [1.54, 1.807) is 30.3 Å². The molecule has 2 aromatic carbocycles. The lowest BCUT2D eigenvalue weighted by Crippen LogP contribution is -2.25. The van der Waals surface area contributed by atoms with Crippen molar-refractivity contribution in [2.75, 3.05) is 11.3 Å². The summed E-state index contributed by atoms with van der Waals surface area (Å²) in [5.74, 6) is -0.193. The van der Waals surface area contributed by atoms with Gasteiger partial charge in [-0.1, -0.05) is 49.3 Å². The topological polar surface area (TPSA) is 101 Å². The molecule has 1 aromatic heterocycles. The minimum atomic E-state index is -3.73. The van der Waals surface area contributed by atoms with E-state index in [0.717, 1.165) is 20.3 Å². The summed E-state index contributed by atoms with van der Waals surface area (Å²) < 4.78 is 28.8. The zero-order valence-corrected chi connectivity index (χ0v) is 19.0. The number of nitrogens with zero attached hydrogens (tertiary/aromatic N) is 2. The first-order chi connectivity index (χ1) is 13.3. The van der Waals surface area contributed by atoms with Gasteiger partial charge in [0.25, 0.3) is 15.9 Å². The normalized spacial score (nSPS) is 11.2. The van der Waals surface area contributed by atoms with Gasteiger partial charge in [-0.2, -0.15) is 0 Å². The second-order valence-electron chi connectivity index (χ2n) is 5.58. The van der Waals surface area contributed by atoms with Crippen LogP contribution in [0.15, 0.2) is 62.4 Å². The van der Waals surface area contributed by atoms with Crippen molar-refractivity contribution in [2.24, 2.45) is 0 Å². The molecular weight excluding hydrogens is 532 g/mol. The van der Waals surface area contributed by atoms with Gasteiger partial charge in [0.2, 0.25) is 5.13 Å². The second kappa shape index (κ2) is 9.12. The van der Waals surface area contributed by atoms with Crippen LogP contribution in [0.25, 0.3) is 0 Å². The maximum atomic E-state index is 12.4. The third-order valence-electron chi connectivity index (χ3n) is 3.52. The zero-order valence-electron chi connectivity index (χ0n) is 14.2. The molecule has 28 heavy (non-hydrogen) atoms. The van der Waals surface area contributed by atoms with Crippen LogP contribution in [-0.4, -0.2) is 31.1 Å². The van der Waals surface area contributed by atoms with Crippen molar-refractivity contribution in [3.63, 3.8) is 0 Å². The highest BCUT2D eigenvalue weighted by molar-refractivity contribution is 9.10. The van der Waals surface area contributed by atoms with Gasteiger partial charge in [0.1, 0.15) is 5.01 Å². The van der Waals surface area contributed by atoms with E-state index in [4.69, 9.17) is 0 Å². The summed E-state index contributed by atoms with van der Waals surface area (Å²) in [5, 5.41) is 11.4. The maximum Gasteiger partial charge on any atom is 0.263 e. The number of hydrogen-bond acceptors (Lipinski definition) is 6. The molecule has 2 N–H and O–H groups in total. The molecule has 0 aliphatic rings. The number of carbonyl (C=O) groups excluding carboxylic acids is 1. The first kappa shape index (κ1) is 20.9. The van der Waals surface area contributed by atoms with Gasteiger partial charge in [-0.15, -0.1) is 10.2 Å². The van der Waals surface area contributed by atoms with Crippen LogP contribution in [0, 0.1) is 0 Å². The summed E-state index contributed by atoms with van der Waals surface area (Å²) in [7, 11) is -3.73. The molecule has 0 spiro atoms. The van der Waals surface area contributed by atoms with Gasteiger partial charge in [0.15, 0.2) is 0 Å². The van der Waals surface area contributed by atoms with Crippen molar-refractivity contribution < 1.29 is 13.2 Å². The largest absolute Gasteiger partial charge is 0.352 e. The van der Waals surface area contributed by atoms with Crippen LogP contribution in [0.2, 0.25) is 0 Å². The molecule has 1 heterocycles. The fourth-order valence-electron chi connectivity index (χ4n) is 2.20. The Morgan fingerprint density at radius 3 is 2.50 bits per heavy atom. The van der Waals surface area contributed by atoms with E-state index in [1.165, 1.54) is 12.1 Å². The molecule has 7 nitrogen and oxygen atoms in total. The fraction of sp³-hybridized carbons (Fsp3) is 0.118. The Morgan fingerprint density at radius 1 is 1.04 bits per heavy atom. The molecule has 0 atom stereocenters. The monoisotopic (exact) mass is 544 g/mol. The van der Waals surface area contributed by atoms with Gasteiger partial charge in [-0.25, -0.2) is 8.42 Å². The predicted octanol–water partition coefficient (Wildman–Crippen LogP) is 3.84. The molecule has 0 aliphatic carbocycles. The lowest BCUT2D eigenvalue weighted by atomic mass is 10.2. The van der Waals surface area contributed by atoms with Crippen LogP contribution < -0.4 is 10.0 Å². The van der Waals surface area contributed by atoms with Gasteiger partial charge in [0.05, 0.1) is 4.90 Å². The Labute approximate surface area is 182 Å². The van der Waals surface area contributed by atoms with Crippen molar-refractivity contribution in [2.45, 2.75) is 11.3 Å². The molecule has 0 aliphatic heterocycles. The van der Waals surface area contributed by atoms with Gasteiger partial charge < -0.3 is 5.32 Å². The van der Waals surface area contributed by atoms with E-state index in [2.05, 4.69) is 52.1 Å². The Hall–Kier alpha value is -1.82. The summed E-state index contributed by atoms with van der Waals surface area (Å²) in [5.41, 5.74) is 0.551. The fourth-order valence-corrected chi connectivity index (χ4v) is 4.83. The van der Waals surface area contributed by atoms with E-state index < -0.39 is 10.0 Å². The molecule has 0 unspecified atom stereocenters. The highest BCUT2D eigenvalue weighted by Gasteiger charge is 2.17. The number of halogens is 2. The molecule has 0 saturated carbocycles. The first-order valence-electron chi connectivity index (χ1n) is 7.98. The van der Waals surface area contributed by atoms with Crippen molar-refractivity contribution in [1.82, 2.24) is 15.5 Å². The summed E-state index contributed by atoms with van der Waals surface area (Å²) in [6, 6.07) is 13.4. The summed E-state index contributed by atoms with van der Waals surface area (Å²) >= 11 is 7.72. The standard InChI is InChI=1S/C17H14Br2N4O3S2/c18-12-4-6-14(7-5-12)28(25,26)23-17-22-21-15(27-17)8-9-20-16(24)11-2-1-3-13(19)10-11/h1-7,10H,8-9H2,(H,20,24)(H,22,23). The van der Waals surface area contributed by atoms with Crippen LogP contribution in [0.1, 0.15) is 15.4 Å². The summed E-state index contributed by atoms with van der Waals surface area (Å²) in [6.45, 7) is 0.361. The zero-order chi connectivity index (χ0) is 20.1. The average Bonchev–Trinajstić information content (AvgIpc) is 3.08. The molecule has 1 amide bonds. The third-order valence-corrected chi connectivity index (χ3v) is 6.93. The number of sulfonamides is 1. The smallest absolute Gasteiger partial charge is 0.263 e. The number of hydrogen-bond donors (Lipinski definition) is 2. The van der Waals surface area contributed by atoms with Crippen LogP contribution in [0.3, 0.4) is 0 Å². The SMILES string of the molecule is O=C(NCCc1nnc(NS(=O)(=O)c2ccc(Br)cc2)s1)c1cccc(Br)c1. The molecule has 3 aromatic rings. The first-order valence-corrected chi connectivity index (χ1v) is 11.9. The lowest BCUT2D eigenvalue weighted by Gasteiger charge is -2.04. The van der Waals surface area contributed by atoms with E-state index >= 15 is 0 Å². The Bertz CT molecular complexity index is 1090. The number of carbonyl (C=O) groups is 1.